The first-order valence-corrected chi connectivity index (χ1v) is 23.0. The lowest BCUT2D eigenvalue weighted by Gasteiger charge is -2.39. The summed E-state index contributed by atoms with van der Waals surface area (Å²) in [4.78, 5) is 36.9. The molecule has 2 aliphatic carbocycles. The third-order valence-electron chi connectivity index (χ3n) is 12.5. The van der Waals surface area contributed by atoms with Gasteiger partial charge in [0, 0.05) is 86.5 Å². The zero-order chi connectivity index (χ0) is 44.5. The van der Waals surface area contributed by atoms with E-state index in [2.05, 4.69) is 55.8 Å². The number of amides is 1. The molecule has 13 nitrogen and oxygen atoms in total. The molecule has 1 saturated heterocycles. The van der Waals surface area contributed by atoms with Gasteiger partial charge in [-0.3, -0.25) is 19.8 Å². The summed E-state index contributed by atoms with van der Waals surface area (Å²) in [5.41, 5.74) is 5.12. The van der Waals surface area contributed by atoms with Gasteiger partial charge in [0.25, 0.3) is 21.6 Å². The van der Waals surface area contributed by atoms with Crippen molar-refractivity contribution in [2.45, 2.75) is 69.6 Å². The molecule has 17 heteroatoms. The smallest absolute Gasteiger partial charge is 0.293 e. The largest absolute Gasteiger partial charge is 0.455 e. The van der Waals surface area contributed by atoms with Gasteiger partial charge in [0.05, 0.1) is 21.6 Å². The third-order valence-corrected chi connectivity index (χ3v) is 14.0. The number of pyridine rings is 1. The number of hydrogen-bond acceptors (Lipinski definition) is 10. The van der Waals surface area contributed by atoms with Gasteiger partial charge in [0.1, 0.15) is 22.8 Å². The van der Waals surface area contributed by atoms with E-state index in [0.29, 0.717) is 29.5 Å². The molecule has 3 heterocycles. The van der Waals surface area contributed by atoms with Crippen LogP contribution in [0.25, 0.3) is 16.6 Å². The highest BCUT2D eigenvalue weighted by molar-refractivity contribution is 7.90. The Labute approximate surface area is 370 Å². The lowest BCUT2D eigenvalue weighted by atomic mass is 9.72. The number of nitrogens with one attached hydrogen (secondary N) is 3. The molecule has 63 heavy (non-hydrogen) atoms. The number of rotatable bonds is 13. The number of aromatic amines is 1. The maximum absolute atomic E-state index is 13.9. The Morgan fingerprint density at radius 2 is 1.75 bits per heavy atom. The van der Waals surface area contributed by atoms with Gasteiger partial charge in [-0.1, -0.05) is 43.2 Å². The number of ether oxygens (including phenoxy) is 1. The lowest BCUT2D eigenvalue weighted by Crippen LogP contribution is -2.47. The minimum atomic E-state index is -4.63. The Bertz CT molecular complexity index is 2650. The molecule has 332 valence electrons. The molecule has 3 N–H and O–H groups in total. The fraction of sp³-hybridized carbons (Fsp3) is 0.391. The summed E-state index contributed by atoms with van der Waals surface area (Å²) in [5.74, 6) is -3.42. The number of hydrogen-bond donors (Lipinski definition) is 3. The minimum Gasteiger partial charge on any atom is -0.455 e. The summed E-state index contributed by atoms with van der Waals surface area (Å²) in [6.45, 7) is 8.71. The predicted octanol–water partition coefficient (Wildman–Crippen LogP) is 10.1. The van der Waals surface area contributed by atoms with E-state index < -0.39 is 37.4 Å². The Balaban J connectivity index is 0.993. The van der Waals surface area contributed by atoms with Gasteiger partial charge < -0.3 is 19.9 Å². The number of halogens is 3. The van der Waals surface area contributed by atoms with E-state index in [1.807, 2.05) is 18.2 Å². The van der Waals surface area contributed by atoms with Crippen LogP contribution in [0.5, 0.6) is 11.5 Å². The van der Waals surface area contributed by atoms with Crippen LogP contribution >= 0.6 is 11.6 Å². The number of carbonyl (C=O) groups excluding carboxylic acids is 1. The van der Waals surface area contributed by atoms with Gasteiger partial charge in [0.2, 0.25) is 5.92 Å². The highest BCUT2D eigenvalue weighted by Crippen LogP contribution is 2.44. The van der Waals surface area contributed by atoms with Crippen LogP contribution in [-0.2, 0) is 10.0 Å². The molecular weight excluding hydrogens is 852 g/mol. The summed E-state index contributed by atoms with van der Waals surface area (Å²) in [7, 11) is -4.63. The van der Waals surface area contributed by atoms with Crippen LogP contribution in [-0.4, -0.2) is 79.3 Å². The second-order valence-corrected chi connectivity index (χ2v) is 19.7. The molecule has 1 saturated carbocycles. The number of sulfonamides is 1. The monoisotopic (exact) mass is 901 g/mol. The summed E-state index contributed by atoms with van der Waals surface area (Å²) in [6, 6.07) is 19.9. The average Bonchev–Trinajstić information content (AvgIpc) is 3.72. The van der Waals surface area contributed by atoms with E-state index in [4.69, 9.17) is 16.3 Å². The number of nitro groups is 1. The van der Waals surface area contributed by atoms with Crippen molar-refractivity contribution in [3.63, 3.8) is 0 Å². The minimum absolute atomic E-state index is 0.0422. The molecule has 2 fully saturated rings. The number of alkyl halides is 2. The first-order chi connectivity index (χ1) is 30.0. The highest BCUT2D eigenvalue weighted by atomic mass is 35.5. The molecule has 1 amide bonds. The number of fused-ring (bicyclic) bond motifs is 1. The van der Waals surface area contributed by atoms with E-state index in [0.717, 1.165) is 62.1 Å². The number of piperazine rings is 1. The van der Waals surface area contributed by atoms with Crippen LogP contribution in [0.1, 0.15) is 74.7 Å². The molecule has 0 unspecified atom stereocenters. The van der Waals surface area contributed by atoms with Gasteiger partial charge in [0.15, 0.2) is 0 Å². The Kier molecular flexibility index (Phi) is 12.5. The zero-order valence-corrected chi connectivity index (χ0v) is 36.7. The van der Waals surface area contributed by atoms with Crippen LogP contribution in [0.15, 0.2) is 95.7 Å². The Morgan fingerprint density at radius 3 is 2.48 bits per heavy atom. The molecule has 0 bridgehead atoms. The Morgan fingerprint density at radius 1 is 1.00 bits per heavy atom. The van der Waals surface area contributed by atoms with Crippen molar-refractivity contribution in [2.24, 2.45) is 11.3 Å². The fourth-order valence-electron chi connectivity index (χ4n) is 8.75. The first kappa shape index (κ1) is 44.0. The molecule has 3 aromatic carbocycles. The van der Waals surface area contributed by atoms with Crippen molar-refractivity contribution in [1.29, 1.82) is 0 Å². The van der Waals surface area contributed by atoms with E-state index in [-0.39, 0.29) is 60.6 Å². The Hall–Kier alpha value is -5.58. The second-order valence-electron chi connectivity index (χ2n) is 17.6. The maximum atomic E-state index is 13.9. The molecule has 5 aromatic rings. The number of allylic oxidation sites excluding steroid dienone is 1. The van der Waals surface area contributed by atoms with E-state index >= 15 is 0 Å². The maximum Gasteiger partial charge on any atom is 0.293 e. The quantitative estimate of drug-likeness (QED) is 0.0766. The van der Waals surface area contributed by atoms with Crippen molar-refractivity contribution in [1.82, 2.24) is 19.6 Å². The average molecular weight is 902 g/mol. The van der Waals surface area contributed by atoms with Crippen molar-refractivity contribution >= 4 is 61.2 Å². The predicted molar refractivity (Wildman–Crippen MR) is 240 cm³/mol. The summed E-state index contributed by atoms with van der Waals surface area (Å²) >= 11 is 6.23. The van der Waals surface area contributed by atoms with Gasteiger partial charge >= 0.3 is 0 Å². The summed E-state index contributed by atoms with van der Waals surface area (Å²) in [6.07, 6.45) is 6.40. The number of aromatic nitrogens is 2. The van der Waals surface area contributed by atoms with Crippen molar-refractivity contribution in [3.05, 3.63) is 117 Å². The first-order valence-electron chi connectivity index (χ1n) is 21.2. The highest BCUT2D eigenvalue weighted by Gasteiger charge is 2.35. The third kappa shape index (κ3) is 10.5. The number of carbonyl (C=O) groups is 1. The van der Waals surface area contributed by atoms with E-state index in [1.54, 1.807) is 24.4 Å². The van der Waals surface area contributed by atoms with Gasteiger partial charge in [-0.05, 0) is 103 Å². The van der Waals surface area contributed by atoms with Gasteiger partial charge in [-0.2, -0.15) is 0 Å². The van der Waals surface area contributed by atoms with Crippen LogP contribution in [0, 0.1) is 21.4 Å². The number of H-pyrrole nitrogens is 1. The topological polar surface area (TPSA) is 163 Å². The summed E-state index contributed by atoms with van der Waals surface area (Å²) in [5, 5.41) is 16.5. The van der Waals surface area contributed by atoms with Crippen LogP contribution < -0.4 is 19.7 Å². The van der Waals surface area contributed by atoms with Crippen molar-refractivity contribution < 1.29 is 31.7 Å². The number of benzene rings is 3. The fourth-order valence-corrected chi connectivity index (χ4v) is 9.87. The number of anilines is 2. The van der Waals surface area contributed by atoms with Gasteiger partial charge in [-0.15, -0.1) is 0 Å². The standard InChI is InChI=1S/C46H50ClF2N7O6S/c1-45(2)15-13-33(39(26-45)31-3-5-34(47)6-4-31)29-54-19-21-55(22-20-54)35-7-9-38(42(24-35)62-36-23-32-14-18-50-43(32)52-28-36)44(57)53-63(60,61)37-8-10-40(41(25-37)56(58)59)51-27-30-11-16-46(48,49)17-12-30/h3-10,14,18,23-25,28,30,51H,11-13,15-17,19-22,26-27,29H2,1-2H3,(H,50,52)(H,53,57). The number of nitrogens with zero attached hydrogens (tertiary/aromatic N) is 4. The summed E-state index contributed by atoms with van der Waals surface area (Å²) < 4.78 is 63.0. The van der Waals surface area contributed by atoms with Crippen LogP contribution in [0.4, 0.5) is 25.8 Å². The molecule has 8 rings (SSSR count). The van der Waals surface area contributed by atoms with Crippen LogP contribution in [0.2, 0.25) is 5.02 Å². The lowest BCUT2D eigenvalue weighted by molar-refractivity contribution is -0.384. The van der Waals surface area contributed by atoms with Crippen molar-refractivity contribution in [3.8, 4) is 11.5 Å². The molecule has 1 aliphatic heterocycles. The van der Waals surface area contributed by atoms with E-state index in [1.165, 1.54) is 35.0 Å². The SMILES string of the molecule is CC1(C)CCC(CN2CCN(c3ccc(C(=O)NS(=O)(=O)c4ccc(NCC5CCC(F)(F)CC5)c([N+](=O)[O-])c4)c(Oc4cnc5[nH]ccc5c4)c3)CC2)=C(c2ccc(Cl)cc2)C1. The molecule has 0 atom stereocenters. The molecule has 3 aliphatic rings. The molecule has 0 spiro atoms. The zero-order valence-electron chi connectivity index (χ0n) is 35.1. The van der Waals surface area contributed by atoms with Gasteiger partial charge in [-0.25, -0.2) is 26.9 Å². The van der Waals surface area contributed by atoms with Crippen LogP contribution in [0.3, 0.4) is 0 Å². The number of nitro benzene ring substituents is 1. The molecular formula is C46H50ClF2N7O6S. The molecule has 0 radical (unpaired) electrons. The molecule has 2 aromatic heterocycles. The van der Waals surface area contributed by atoms with E-state index in [9.17, 15) is 32.1 Å². The normalized spacial score (nSPS) is 18.3. The second kappa shape index (κ2) is 17.9. The van der Waals surface area contributed by atoms with Crippen molar-refractivity contribution in [2.75, 3.05) is 49.5 Å².